The normalized spacial score (nSPS) is 18.2. The van der Waals surface area contributed by atoms with Crippen molar-refractivity contribution < 1.29 is 13.9 Å². The summed E-state index contributed by atoms with van der Waals surface area (Å²) in [6, 6.07) is 3.57. The van der Waals surface area contributed by atoms with Crippen LogP contribution in [0.2, 0.25) is 0 Å². The van der Waals surface area contributed by atoms with E-state index < -0.39 is 5.82 Å². The van der Waals surface area contributed by atoms with Crippen LogP contribution in [0.25, 0.3) is 0 Å². The SMILES string of the molecule is OCCN1CCN(Cc2cc(F)ccc2F)CC1. The first-order valence-corrected chi connectivity index (χ1v) is 6.18. The lowest BCUT2D eigenvalue weighted by Crippen LogP contribution is -2.46. The number of hydrogen-bond donors (Lipinski definition) is 1. The molecule has 1 aliphatic heterocycles. The van der Waals surface area contributed by atoms with Crippen LogP contribution in [-0.2, 0) is 6.54 Å². The van der Waals surface area contributed by atoms with E-state index in [2.05, 4.69) is 9.80 Å². The molecule has 0 amide bonds. The van der Waals surface area contributed by atoms with E-state index in [-0.39, 0.29) is 12.4 Å². The van der Waals surface area contributed by atoms with E-state index in [9.17, 15) is 8.78 Å². The molecule has 1 aromatic carbocycles. The lowest BCUT2D eigenvalue weighted by Gasteiger charge is -2.34. The zero-order valence-electron chi connectivity index (χ0n) is 10.3. The number of aliphatic hydroxyl groups excluding tert-OH is 1. The smallest absolute Gasteiger partial charge is 0.127 e. The van der Waals surface area contributed by atoms with E-state index in [1.165, 1.54) is 12.1 Å². The van der Waals surface area contributed by atoms with Gasteiger partial charge in [-0.1, -0.05) is 0 Å². The Bertz CT molecular complexity index is 393. The van der Waals surface area contributed by atoms with Gasteiger partial charge in [-0.25, -0.2) is 8.78 Å². The van der Waals surface area contributed by atoms with Gasteiger partial charge in [0.1, 0.15) is 11.6 Å². The Labute approximate surface area is 106 Å². The Morgan fingerprint density at radius 2 is 1.72 bits per heavy atom. The molecule has 2 rings (SSSR count). The van der Waals surface area contributed by atoms with Crippen molar-refractivity contribution in [2.45, 2.75) is 6.54 Å². The van der Waals surface area contributed by atoms with Gasteiger partial charge >= 0.3 is 0 Å². The summed E-state index contributed by atoms with van der Waals surface area (Å²) in [5.41, 5.74) is 0.408. The van der Waals surface area contributed by atoms with Gasteiger partial charge in [-0.2, -0.15) is 0 Å². The fourth-order valence-electron chi connectivity index (χ4n) is 2.22. The molecule has 0 radical (unpaired) electrons. The summed E-state index contributed by atoms with van der Waals surface area (Å²) in [6.07, 6.45) is 0. The number of aliphatic hydroxyl groups is 1. The first-order chi connectivity index (χ1) is 8.69. The Balaban J connectivity index is 1.89. The third-order valence-electron chi connectivity index (χ3n) is 3.28. The van der Waals surface area contributed by atoms with Gasteiger partial charge in [-0.05, 0) is 18.2 Å². The molecule has 3 nitrogen and oxygen atoms in total. The van der Waals surface area contributed by atoms with Crippen LogP contribution in [0, 0.1) is 11.6 Å². The van der Waals surface area contributed by atoms with Gasteiger partial charge in [0.2, 0.25) is 0 Å². The van der Waals surface area contributed by atoms with Gasteiger partial charge in [0.15, 0.2) is 0 Å². The average Bonchev–Trinajstić information content (AvgIpc) is 2.37. The predicted octanol–water partition coefficient (Wildman–Crippen LogP) is 1.07. The van der Waals surface area contributed by atoms with E-state index >= 15 is 0 Å². The molecule has 100 valence electrons. The van der Waals surface area contributed by atoms with Crippen LogP contribution in [0.4, 0.5) is 8.78 Å². The molecular formula is C13H18F2N2O. The molecule has 0 saturated carbocycles. The van der Waals surface area contributed by atoms with Crippen molar-refractivity contribution in [2.75, 3.05) is 39.3 Å². The van der Waals surface area contributed by atoms with Crippen LogP contribution in [0.15, 0.2) is 18.2 Å². The lowest BCUT2D eigenvalue weighted by molar-refractivity contribution is 0.107. The van der Waals surface area contributed by atoms with Crippen LogP contribution < -0.4 is 0 Å². The van der Waals surface area contributed by atoms with E-state index in [0.717, 1.165) is 32.2 Å². The molecule has 1 aliphatic rings. The minimum atomic E-state index is -0.398. The van der Waals surface area contributed by atoms with Crippen molar-refractivity contribution in [3.05, 3.63) is 35.4 Å². The number of nitrogens with zero attached hydrogens (tertiary/aromatic N) is 2. The molecular weight excluding hydrogens is 238 g/mol. The van der Waals surface area contributed by atoms with Gasteiger partial charge in [0, 0.05) is 44.8 Å². The van der Waals surface area contributed by atoms with Crippen molar-refractivity contribution >= 4 is 0 Å². The fourth-order valence-corrected chi connectivity index (χ4v) is 2.22. The second kappa shape index (κ2) is 6.22. The lowest BCUT2D eigenvalue weighted by atomic mass is 10.1. The van der Waals surface area contributed by atoms with E-state index in [4.69, 9.17) is 5.11 Å². The Kier molecular flexibility index (Phi) is 4.63. The molecule has 0 unspecified atom stereocenters. The molecule has 1 saturated heterocycles. The number of benzene rings is 1. The van der Waals surface area contributed by atoms with Crippen LogP contribution in [0.3, 0.4) is 0 Å². The molecule has 1 aromatic rings. The average molecular weight is 256 g/mol. The summed E-state index contributed by atoms with van der Waals surface area (Å²) in [7, 11) is 0. The summed E-state index contributed by atoms with van der Waals surface area (Å²) in [5, 5.41) is 8.84. The highest BCUT2D eigenvalue weighted by atomic mass is 19.1. The molecule has 1 heterocycles. The van der Waals surface area contributed by atoms with Gasteiger partial charge in [0.05, 0.1) is 6.61 Å². The number of piperazine rings is 1. The highest BCUT2D eigenvalue weighted by Gasteiger charge is 2.17. The minimum absolute atomic E-state index is 0.165. The van der Waals surface area contributed by atoms with Gasteiger partial charge < -0.3 is 5.11 Å². The number of halogens is 2. The number of hydrogen-bond acceptors (Lipinski definition) is 3. The quantitative estimate of drug-likeness (QED) is 0.873. The monoisotopic (exact) mass is 256 g/mol. The topological polar surface area (TPSA) is 26.7 Å². The van der Waals surface area contributed by atoms with Crippen molar-refractivity contribution in [2.24, 2.45) is 0 Å². The molecule has 18 heavy (non-hydrogen) atoms. The molecule has 5 heteroatoms. The Morgan fingerprint density at radius 1 is 1.06 bits per heavy atom. The maximum atomic E-state index is 13.5. The summed E-state index contributed by atoms with van der Waals surface area (Å²) < 4.78 is 26.5. The van der Waals surface area contributed by atoms with Crippen LogP contribution in [0.5, 0.6) is 0 Å². The molecule has 1 N–H and O–H groups in total. The number of β-amino-alcohol motifs (C(OH)–C–C–N with tert-alkyl or cyclic N) is 1. The van der Waals surface area contributed by atoms with E-state index in [0.29, 0.717) is 18.7 Å². The highest BCUT2D eigenvalue weighted by Crippen LogP contribution is 2.13. The molecule has 0 spiro atoms. The van der Waals surface area contributed by atoms with Gasteiger partial charge in [-0.3, -0.25) is 9.80 Å². The summed E-state index contributed by atoms with van der Waals surface area (Å²) in [6.45, 7) is 4.64. The Morgan fingerprint density at radius 3 is 2.39 bits per heavy atom. The second-order valence-corrected chi connectivity index (χ2v) is 4.58. The second-order valence-electron chi connectivity index (χ2n) is 4.58. The summed E-state index contributed by atoms with van der Waals surface area (Å²) >= 11 is 0. The zero-order chi connectivity index (χ0) is 13.0. The van der Waals surface area contributed by atoms with Crippen molar-refractivity contribution in [3.63, 3.8) is 0 Å². The van der Waals surface area contributed by atoms with Crippen LogP contribution in [-0.4, -0.2) is 54.2 Å². The largest absolute Gasteiger partial charge is 0.395 e. The van der Waals surface area contributed by atoms with E-state index in [1.807, 2.05) is 0 Å². The minimum Gasteiger partial charge on any atom is -0.395 e. The van der Waals surface area contributed by atoms with Crippen molar-refractivity contribution in [1.29, 1.82) is 0 Å². The molecule has 0 aromatic heterocycles. The fraction of sp³-hybridized carbons (Fsp3) is 0.538. The summed E-state index contributed by atoms with van der Waals surface area (Å²) in [4.78, 5) is 4.27. The first kappa shape index (κ1) is 13.4. The summed E-state index contributed by atoms with van der Waals surface area (Å²) in [5.74, 6) is -0.750. The molecule has 0 atom stereocenters. The maximum Gasteiger partial charge on any atom is 0.127 e. The maximum absolute atomic E-state index is 13.5. The standard InChI is InChI=1S/C13H18F2N2O/c14-12-1-2-13(15)11(9-12)10-17-5-3-16(4-6-17)7-8-18/h1-2,9,18H,3-8,10H2. The van der Waals surface area contributed by atoms with Gasteiger partial charge in [-0.15, -0.1) is 0 Å². The molecule has 0 bridgehead atoms. The molecule has 0 aliphatic carbocycles. The van der Waals surface area contributed by atoms with E-state index in [1.54, 1.807) is 0 Å². The van der Waals surface area contributed by atoms with Crippen LogP contribution >= 0.6 is 0 Å². The first-order valence-electron chi connectivity index (χ1n) is 6.18. The molecule has 1 fully saturated rings. The number of rotatable bonds is 4. The third-order valence-corrected chi connectivity index (χ3v) is 3.28. The zero-order valence-corrected chi connectivity index (χ0v) is 10.3. The highest BCUT2D eigenvalue weighted by molar-refractivity contribution is 5.18. The van der Waals surface area contributed by atoms with Crippen molar-refractivity contribution in [3.8, 4) is 0 Å². The predicted molar refractivity (Wildman–Crippen MR) is 65.2 cm³/mol. The third kappa shape index (κ3) is 3.48. The van der Waals surface area contributed by atoms with Gasteiger partial charge in [0.25, 0.3) is 0 Å². The van der Waals surface area contributed by atoms with Crippen molar-refractivity contribution in [1.82, 2.24) is 9.80 Å². The van der Waals surface area contributed by atoms with Crippen LogP contribution in [0.1, 0.15) is 5.56 Å². The Hall–Kier alpha value is -1.04.